The molecular formula is C16H21NO4S2. The first-order chi connectivity index (χ1) is 10.8. The van der Waals surface area contributed by atoms with Crippen LogP contribution in [0.5, 0.6) is 5.75 Å². The number of aryl methyl sites for hydroxylation is 1. The molecule has 1 unspecified atom stereocenters. The van der Waals surface area contributed by atoms with Crippen LogP contribution in [0.15, 0.2) is 12.1 Å². The van der Waals surface area contributed by atoms with Crippen molar-refractivity contribution >= 4 is 42.0 Å². The number of carbonyl (C=O) groups is 2. The predicted molar refractivity (Wildman–Crippen MR) is 96.0 cm³/mol. The van der Waals surface area contributed by atoms with Crippen LogP contribution in [0.25, 0.3) is 0 Å². The van der Waals surface area contributed by atoms with Crippen molar-refractivity contribution in [3.63, 3.8) is 0 Å². The zero-order valence-corrected chi connectivity index (χ0v) is 15.1. The van der Waals surface area contributed by atoms with Gasteiger partial charge in [0, 0.05) is 0 Å². The maximum absolute atomic E-state index is 12.4. The maximum atomic E-state index is 12.4. The van der Waals surface area contributed by atoms with Gasteiger partial charge >= 0.3 is 11.9 Å². The van der Waals surface area contributed by atoms with E-state index in [1.54, 1.807) is 6.07 Å². The molecule has 126 valence electrons. The Kier molecular flexibility index (Phi) is 7.51. The molecule has 0 aliphatic heterocycles. The second-order valence-corrected chi connectivity index (χ2v) is 5.95. The van der Waals surface area contributed by atoms with Gasteiger partial charge in [-0.25, -0.2) is 0 Å². The number of esters is 1. The molecule has 1 rings (SSSR count). The number of rotatable bonds is 7. The molecule has 0 heterocycles. The van der Waals surface area contributed by atoms with Crippen molar-refractivity contribution in [3.8, 4) is 5.75 Å². The standard InChI is InChI=1S/C16H21NO4S2/c1-4-5-11-10(3)9(2)6-7-13(11)21-16(20)12(8-14(18)19)15(22)17-23/h6-7,12,23H,4-5,8H2,1-3H3,(H,17,22)(H,18,19). The Morgan fingerprint density at radius 3 is 2.57 bits per heavy atom. The molecule has 23 heavy (non-hydrogen) atoms. The van der Waals surface area contributed by atoms with Crippen LogP contribution in [0.2, 0.25) is 0 Å². The summed E-state index contributed by atoms with van der Waals surface area (Å²) in [4.78, 5) is 23.3. The van der Waals surface area contributed by atoms with E-state index in [-0.39, 0.29) is 4.99 Å². The van der Waals surface area contributed by atoms with Crippen molar-refractivity contribution in [1.29, 1.82) is 0 Å². The van der Waals surface area contributed by atoms with E-state index in [1.165, 1.54) is 0 Å². The smallest absolute Gasteiger partial charge is 0.321 e. The highest BCUT2D eigenvalue weighted by molar-refractivity contribution is 7.84. The molecular weight excluding hydrogens is 334 g/mol. The average molecular weight is 355 g/mol. The second kappa shape index (κ2) is 8.88. The Labute approximate surface area is 147 Å². The van der Waals surface area contributed by atoms with Crippen molar-refractivity contribution in [2.24, 2.45) is 5.92 Å². The average Bonchev–Trinajstić information content (AvgIpc) is 2.51. The summed E-state index contributed by atoms with van der Waals surface area (Å²) in [6, 6.07) is 3.61. The fourth-order valence-electron chi connectivity index (χ4n) is 2.22. The molecule has 0 saturated heterocycles. The van der Waals surface area contributed by atoms with Crippen molar-refractivity contribution in [3.05, 3.63) is 28.8 Å². The lowest BCUT2D eigenvalue weighted by molar-refractivity contribution is -0.144. The van der Waals surface area contributed by atoms with Gasteiger partial charge in [-0.2, -0.15) is 0 Å². The minimum atomic E-state index is -1.13. The van der Waals surface area contributed by atoms with E-state index in [1.807, 2.05) is 26.8 Å². The lowest BCUT2D eigenvalue weighted by atomic mass is 9.98. The Morgan fingerprint density at radius 1 is 1.39 bits per heavy atom. The van der Waals surface area contributed by atoms with Gasteiger partial charge in [-0.1, -0.05) is 44.4 Å². The van der Waals surface area contributed by atoms with Gasteiger partial charge in [0.15, 0.2) is 0 Å². The van der Waals surface area contributed by atoms with Crippen LogP contribution in [0.4, 0.5) is 0 Å². The summed E-state index contributed by atoms with van der Waals surface area (Å²) < 4.78 is 7.82. The van der Waals surface area contributed by atoms with Crippen molar-refractivity contribution in [1.82, 2.24) is 4.72 Å². The summed E-state index contributed by atoms with van der Waals surface area (Å²) >= 11 is 8.76. The first-order valence-electron chi connectivity index (χ1n) is 7.28. The molecule has 1 aromatic carbocycles. The number of carboxylic acid groups (broad SMARTS) is 1. The number of thiocarbonyl (C=S) groups is 1. The summed E-state index contributed by atoms with van der Waals surface area (Å²) in [7, 11) is 0. The van der Waals surface area contributed by atoms with Crippen LogP contribution in [-0.4, -0.2) is 22.0 Å². The van der Waals surface area contributed by atoms with E-state index in [0.29, 0.717) is 5.75 Å². The molecule has 0 spiro atoms. The Balaban J connectivity index is 3.09. The molecule has 2 N–H and O–H groups in total. The van der Waals surface area contributed by atoms with Crippen LogP contribution < -0.4 is 9.46 Å². The predicted octanol–water partition coefficient (Wildman–Crippen LogP) is 3.01. The topological polar surface area (TPSA) is 75.6 Å². The van der Waals surface area contributed by atoms with Gasteiger partial charge in [0.2, 0.25) is 0 Å². The SMILES string of the molecule is CCCc1c(OC(=O)C(CC(=O)O)C(=S)NS)ccc(C)c1C. The van der Waals surface area contributed by atoms with Gasteiger partial charge in [-0.05, 0) is 43.0 Å². The van der Waals surface area contributed by atoms with E-state index in [9.17, 15) is 9.59 Å². The highest BCUT2D eigenvalue weighted by Gasteiger charge is 2.28. The number of nitrogens with one attached hydrogen (secondary N) is 1. The molecule has 0 amide bonds. The van der Waals surface area contributed by atoms with Gasteiger partial charge in [-0.15, -0.1) is 0 Å². The van der Waals surface area contributed by atoms with Crippen LogP contribution in [-0.2, 0) is 16.0 Å². The van der Waals surface area contributed by atoms with E-state index < -0.39 is 24.3 Å². The molecule has 0 bridgehead atoms. The molecule has 5 nitrogen and oxygen atoms in total. The third kappa shape index (κ3) is 5.21. The highest BCUT2D eigenvalue weighted by Crippen LogP contribution is 2.27. The van der Waals surface area contributed by atoms with Gasteiger partial charge < -0.3 is 14.6 Å². The molecule has 0 aliphatic carbocycles. The minimum absolute atomic E-state index is 0.0293. The molecule has 0 saturated carbocycles. The number of ether oxygens (including phenoxy) is 1. The normalized spacial score (nSPS) is 11.7. The van der Waals surface area contributed by atoms with Crippen molar-refractivity contribution in [2.75, 3.05) is 0 Å². The Morgan fingerprint density at radius 2 is 2.04 bits per heavy atom. The van der Waals surface area contributed by atoms with Crippen molar-refractivity contribution < 1.29 is 19.4 Å². The molecule has 1 aromatic rings. The molecule has 0 fully saturated rings. The van der Waals surface area contributed by atoms with E-state index in [2.05, 4.69) is 17.5 Å². The highest BCUT2D eigenvalue weighted by atomic mass is 32.1. The molecule has 0 aliphatic rings. The van der Waals surface area contributed by atoms with E-state index >= 15 is 0 Å². The number of carbonyl (C=O) groups excluding carboxylic acids is 1. The minimum Gasteiger partial charge on any atom is -0.481 e. The van der Waals surface area contributed by atoms with E-state index in [4.69, 9.17) is 22.1 Å². The number of hydrogen-bond donors (Lipinski definition) is 3. The van der Waals surface area contributed by atoms with Crippen LogP contribution in [0.3, 0.4) is 0 Å². The summed E-state index contributed by atoms with van der Waals surface area (Å²) in [5, 5.41) is 8.94. The third-order valence-corrected chi connectivity index (χ3v) is 4.41. The summed E-state index contributed by atoms with van der Waals surface area (Å²) in [5.74, 6) is -2.44. The van der Waals surface area contributed by atoms with Gasteiger partial charge in [0.05, 0.1) is 11.4 Å². The van der Waals surface area contributed by atoms with Crippen LogP contribution in [0.1, 0.15) is 36.5 Å². The van der Waals surface area contributed by atoms with Gasteiger partial charge in [-0.3, -0.25) is 9.59 Å². The molecule has 1 atom stereocenters. The number of benzene rings is 1. The quantitative estimate of drug-likeness (QED) is 0.302. The van der Waals surface area contributed by atoms with Crippen molar-refractivity contribution in [2.45, 2.75) is 40.0 Å². The van der Waals surface area contributed by atoms with E-state index in [0.717, 1.165) is 29.5 Å². The lowest BCUT2D eigenvalue weighted by Gasteiger charge is -2.18. The third-order valence-electron chi connectivity index (χ3n) is 3.63. The maximum Gasteiger partial charge on any atom is 0.321 e. The summed E-state index contributed by atoms with van der Waals surface area (Å²) in [5.41, 5.74) is 3.14. The second-order valence-electron chi connectivity index (χ2n) is 5.28. The zero-order chi connectivity index (χ0) is 17.6. The molecule has 0 radical (unpaired) electrons. The van der Waals surface area contributed by atoms with Crippen LogP contribution >= 0.6 is 25.0 Å². The number of carboxylic acids is 1. The molecule has 0 aromatic heterocycles. The number of hydrogen-bond acceptors (Lipinski definition) is 5. The largest absolute Gasteiger partial charge is 0.481 e. The zero-order valence-electron chi connectivity index (χ0n) is 13.4. The fraction of sp³-hybridized carbons (Fsp3) is 0.438. The Hall–Kier alpha value is -1.60. The summed E-state index contributed by atoms with van der Waals surface area (Å²) in [6.45, 7) is 6.01. The summed E-state index contributed by atoms with van der Waals surface area (Å²) in [6.07, 6.45) is 1.23. The Bertz CT molecular complexity index is 616. The first-order valence-corrected chi connectivity index (χ1v) is 8.13. The van der Waals surface area contributed by atoms with Gasteiger partial charge in [0.1, 0.15) is 11.7 Å². The monoisotopic (exact) mass is 355 g/mol. The number of aliphatic carboxylic acids is 1. The van der Waals surface area contributed by atoms with Gasteiger partial charge in [0.25, 0.3) is 0 Å². The first kappa shape index (κ1) is 19.4. The molecule has 7 heteroatoms. The fourth-order valence-corrected chi connectivity index (χ4v) is 2.56. The van der Waals surface area contributed by atoms with Crippen LogP contribution in [0, 0.1) is 19.8 Å². The number of thiol groups is 1. The lowest BCUT2D eigenvalue weighted by Crippen LogP contribution is -2.34.